The maximum Gasteiger partial charge on any atom is 0.416 e. The van der Waals surface area contributed by atoms with Gasteiger partial charge in [0.1, 0.15) is 0 Å². The summed E-state index contributed by atoms with van der Waals surface area (Å²) in [5.74, 6) is -1.58. The number of carbonyl (C=O) groups is 1. The number of methoxy groups -OCH3 is 1. The largest absolute Gasteiger partial charge is 0.481 e. The molecule has 1 aromatic carbocycles. The molecule has 162 valence electrons. The minimum absolute atomic E-state index is 0.104. The molecule has 1 amide bonds. The van der Waals surface area contributed by atoms with Crippen molar-refractivity contribution in [3.05, 3.63) is 59.1 Å². The molecular formula is C21H18F3N3O4. The molecule has 2 bridgehead atoms. The number of aliphatic hydroxyl groups is 1. The van der Waals surface area contributed by atoms with Crippen molar-refractivity contribution in [1.82, 2.24) is 4.98 Å². The van der Waals surface area contributed by atoms with Crippen LogP contribution in [-0.4, -0.2) is 41.4 Å². The minimum Gasteiger partial charge on any atom is -0.481 e. The van der Waals surface area contributed by atoms with Crippen molar-refractivity contribution in [3.8, 4) is 5.88 Å². The Morgan fingerprint density at radius 1 is 1.35 bits per heavy atom. The quantitative estimate of drug-likeness (QED) is 0.721. The molecule has 2 aromatic rings. The number of amides is 1. The van der Waals surface area contributed by atoms with E-state index in [0.717, 1.165) is 18.2 Å². The smallest absolute Gasteiger partial charge is 0.416 e. The average molecular weight is 433 g/mol. The van der Waals surface area contributed by atoms with Gasteiger partial charge in [-0.25, -0.2) is 9.83 Å². The van der Waals surface area contributed by atoms with Crippen LogP contribution in [0.2, 0.25) is 0 Å². The number of hydrogen-bond acceptors (Lipinski definition) is 5. The summed E-state index contributed by atoms with van der Waals surface area (Å²) in [6.07, 6.45) is -4.90. The molecule has 0 unspecified atom stereocenters. The van der Waals surface area contributed by atoms with Crippen LogP contribution in [-0.2, 0) is 15.7 Å². The fraction of sp³-hybridized carbons (Fsp3) is 0.381. The van der Waals surface area contributed by atoms with Gasteiger partial charge < -0.3 is 19.9 Å². The highest BCUT2D eigenvalue weighted by atomic mass is 19.4. The van der Waals surface area contributed by atoms with Gasteiger partial charge in [0, 0.05) is 30.3 Å². The Bertz CT molecular complexity index is 1050. The topological polar surface area (TPSA) is 85.0 Å². The molecule has 1 aromatic heterocycles. The summed E-state index contributed by atoms with van der Waals surface area (Å²) in [7, 11) is 1.45. The first-order chi connectivity index (χ1) is 14.7. The van der Waals surface area contributed by atoms with E-state index in [1.54, 1.807) is 12.1 Å². The van der Waals surface area contributed by atoms with Crippen molar-refractivity contribution in [1.29, 1.82) is 0 Å². The number of rotatable bonds is 4. The number of anilines is 1. The lowest BCUT2D eigenvalue weighted by Gasteiger charge is -2.30. The van der Waals surface area contributed by atoms with Gasteiger partial charge in [-0.1, -0.05) is 12.1 Å². The van der Waals surface area contributed by atoms with E-state index in [1.165, 1.54) is 13.3 Å². The number of carbonyl (C=O) groups excluding carboxylic acids is 1. The molecule has 10 heteroatoms. The maximum atomic E-state index is 13.2. The Hall–Kier alpha value is -3.16. The zero-order chi connectivity index (χ0) is 22.3. The summed E-state index contributed by atoms with van der Waals surface area (Å²) in [4.78, 5) is 20.4. The Balaban J connectivity index is 1.67. The molecule has 2 aliphatic rings. The van der Waals surface area contributed by atoms with Gasteiger partial charge in [-0.2, -0.15) is 13.2 Å². The third-order valence-electron chi connectivity index (χ3n) is 5.68. The molecule has 0 radical (unpaired) electrons. The SMILES string of the molecule is [C-]#[N+]c1ccc(C(F)(F)F)cc1NC(=O)[C@@H]1[C@@H](c2ccnc(OC)c2)[C@H]2O[C@@H]1C[C@@H]2O. The Morgan fingerprint density at radius 2 is 2.13 bits per heavy atom. The highest BCUT2D eigenvalue weighted by molar-refractivity contribution is 5.97. The fourth-order valence-electron chi connectivity index (χ4n) is 4.31. The first-order valence-electron chi connectivity index (χ1n) is 9.46. The van der Waals surface area contributed by atoms with Crippen LogP contribution >= 0.6 is 0 Å². The van der Waals surface area contributed by atoms with Gasteiger partial charge in [0.25, 0.3) is 0 Å². The van der Waals surface area contributed by atoms with Crippen molar-refractivity contribution >= 4 is 17.3 Å². The molecule has 3 heterocycles. The predicted octanol–water partition coefficient (Wildman–Crippen LogP) is 3.53. The van der Waals surface area contributed by atoms with E-state index in [2.05, 4.69) is 15.1 Å². The number of fused-ring (bicyclic) bond motifs is 2. The minimum atomic E-state index is -4.62. The molecule has 0 aliphatic carbocycles. The predicted molar refractivity (Wildman–Crippen MR) is 103 cm³/mol. The van der Waals surface area contributed by atoms with Crippen molar-refractivity contribution in [2.75, 3.05) is 12.4 Å². The van der Waals surface area contributed by atoms with Gasteiger partial charge in [0.15, 0.2) is 0 Å². The Kier molecular flexibility index (Phi) is 5.33. The number of aliphatic hydroxyl groups excluding tert-OH is 1. The number of aromatic nitrogens is 1. The summed E-state index contributed by atoms with van der Waals surface area (Å²) in [6, 6.07) is 5.89. The van der Waals surface area contributed by atoms with Gasteiger partial charge in [-0.15, -0.1) is 0 Å². The summed E-state index contributed by atoms with van der Waals surface area (Å²) in [6.45, 7) is 7.21. The second kappa shape index (κ2) is 7.83. The van der Waals surface area contributed by atoms with E-state index in [4.69, 9.17) is 16.0 Å². The number of halogens is 3. The van der Waals surface area contributed by atoms with E-state index >= 15 is 0 Å². The van der Waals surface area contributed by atoms with Crippen molar-refractivity contribution in [2.24, 2.45) is 5.92 Å². The van der Waals surface area contributed by atoms with Crippen molar-refractivity contribution < 1.29 is 32.5 Å². The molecule has 0 saturated carbocycles. The molecule has 0 spiro atoms. The number of nitrogens with zero attached hydrogens (tertiary/aromatic N) is 2. The molecule has 2 N–H and O–H groups in total. The third-order valence-corrected chi connectivity index (χ3v) is 5.68. The zero-order valence-electron chi connectivity index (χ0n) is 16.3. The van der Waals surface area contributed by atoms with E-state index in [0.29, 0.717) is 11.4 Å². The summed E-state index contributed by atoms with van der Waals surface area (Å²) >= 11 is 0. The molecule has 2 saturated heterocycles. The van der Waals surface area contributed by atoms with Gasteiger partial charge in [-0.05, 0) is 17.7 Å². The molecular weight excluding hydrogens is 415 g/mol. The summed E-state index contributed by atoms with van der Waals surface area (Å²) in [5, 5.41) is 12.8. The summed E-state index contributed by atoms with van der Waals surface area (Å²) < 4.78 is 50.3. The van der Waals surface area contributed by atoms with Crippen LogP contribution in [0.5, 0.6) is 5.88 Å². The molecule has 2 aliphatic heterocycles. The highest BCUT2D eigenvalue weighted by Crippen LogP contribution is 2.50. The number of benzene rings is 1. The van der Waals surface area contributed by atoms with Crippen LogP contribution in [0.1, 0.15) is 23.5 Å². The van der Waals surface area contributed by atoms with Gasteiger partial charge in [0.05, 0.1) is 43.5 Å². The monoisotopic (exact) mass is 433 g/mol. The highest BCUT2D eigenvalue weighted by Gasteiger charge is 2.57. The van der Waals surface area contributed by atoms with Crippen LogP contribution in [0.3, 0.4) is 0 Å². The van der Waals surface area contributed by atoms with Crippen LogP contribution < -0.4 is 10.1 Å². The van der Waals surface area contributed by atoms with E-state index in [1.807, 2.05) is 0 Å². The standard InChI is InChI=1S/C21H18F3N3O4/c1-25-12-4-3-11(21(22,23)24)8-13(12)27-20(29)18-15-9-14(28)19(31-15)17(18)10-5-6-26-16(7-10)30-2/h3-8,14-15,17-19,28H,9H2,2H3,(H,27,29)/t14-,15+,17+,18-,19-/m0/s1. The fourth-order valence-corrected chi connectivity index (χ4v) is 4.31. The molecule has 5 atom stereocenters. The second-order valence-electron chi connectivity index (χ2n) is 7.46. The zero-order valence-corrected chi connectivity index (χ0v) is 16.3. The first-order valence-corrected chi connectivity index (χ1v) is 9.46. The van der Waals surface area contributed by atoms with Gasteiger partial charge in [-0.3, -0.25) is 4.79 Å². The average Bonchev–Trinajstić information content (AvgIpc) is 3.30. The van der Waals surface area contributed by atoms with E-state index in [9.17, 15) is 23.1 Å². The lowest BCUT2D eigenvalue weighted by atomic mass is 9.74. The number of ether oxygens (including phenoxy) is 2. The number of pyridine rings is 1. The second-order valence-corrected chi connectivity index (χ2v) is 7.46. The van der Waals surface area contributed by atoms with Gasteiger partial charge >= 0.3 is 6.18 Å². The molecule has 2 fully saturated rings. The van der Waals surface area contributed by atoms with Crippen LogP contribution in [0.4, 0.5) is 24.5 Å². The van der Waals surface area contributed by atoms with Crippen LogP contribution in [0, 0.1) is 12.5 Å². The first kappa shape index (κ1) is 21.1. The van der Waals surface area contributed by atoms with Gasteiger partial charge in [0.2, 0.25) is 17.5 Å². The normalized spacial score (nSPS) is 27.0. The Labute approximate surface area is 175 Å². The van der Waals surface area contributed by atoms with Crippen molar-refractivity contribution in [2.45, 2.75) is 36.8 Å². The van der Waals surface area contributed by atoms with Crippen LogP contribution in [0.25, 0.3) is 4.85 Å². The van der Waals surface area contributed by atoms with E-state index < -0.39 is 47.8 Å². The molecule has 4 rings (SSSR count). The Morgan fingerprint density at radius 3 is 2.81 bits per heavy atom. The summed E-state index contributed by atoms with van der Waals surface area (Å²) in [5.41, 5.74) is -0.630. The van der Waals surface area contributed by atoms with Crippen molar-refractivity contribution in [3.63, 3.8) is 0 Å². The lowest BCUT2D eigenvalue weighted by Crippen LogP contribution is -2.41. The van der Waals surface area contributed by atoms with E-state index in [-0.39, 0.29) is 17.8 Å². The number of hydrogen-bond donors (Lipinski definition) is 2. The number of nitrogens with one attached hydrogen (secondary N) is 1. The molecule has 31 heavy (non-hydrogen) atoms. The number of alkyl halides is 3. The third kappa shape index (κ3) is 3.82. The van der Waals surface area contributed by atoms with Crippen LogP contribution in [0.15, 0.2) is 36.5 Å². The molecule has 7 nitrogen and oxygen atoms in total. The lowest BCUT2D eigenvalue weighted by molar-refractivity contribution is -0.137. The maximum absolute atomic E-state index is 13.2.